The van der Waals surface area contributed by atoms with E-state index >= 15 is 0 Å². The van der Waals surface area contributed by atoms with Gasteiger partial charge in [0, 0.05) is 15.6 Å². The van der Waals surface area contributed by atoms with Crippen LogP contribution >= 0.6 is 23.2 Å². The molecule has 3 aromatic rings. The van der Waals surface area contributed by atoms with E-state index in [1.54, 1.807) is 0 Å². The Morgan fingerprint density at radius 1 is 1.05 bits per heavy atom. The molecule has 1 atom stereocenters. The van der Waals surface area contributed by atoms with Crippen molar-refractivity contribution >= 4 is 34.2 Å². The summed E-state index contributed by atoms with van der Waals surface area (Å²) < 4.78 is 0. The highest BCUT2D eigenvalue weighted by Gasteiger charge is 2.19. The molecule has 108 valence electrons. The van der Waals surface area contributed by atoms with Gasteiger partial charge in [-0.2, -0.15) is 0 Å². The van der Waals surface area contributed by atoms with Gasteiger partial charge >= 0.3 is 5.69 Å². The maximum atomic E-state index is 11.3. The Bertz CT molecular complexity index is 833. The maximum Gasteiger partial charge on any atom is 0.323 e. The largest absolute Gasteiger partial charge is 0.323 e. The number of imidazole rings is 1. The number of hydrogen-bond donors (Lipinski definition) is 3. The van der Waals surface area contributed by atoms with Gasteiger partial charge in [-0.05, 0) is 36.9 Å². The fourth-order valence-corrected chi connectivity index (χ4v) is 3.11. The first-order valence-corrected chi connectivity index (χ1v) is 7.19. The molecule has 4 nitrogen and oxygen atoms in total. The molecule has 0 aliphatic heterocycles. The van der Waals surface area contributed by atoms with E-state index in [1.165, 1.54) is 0 Å². The Balaban J connectivity index is 2.15. The van der Waals surface area contributed by atoms with Gasteiger partial charge in [-0.15, -0.1) is 0 Å². The van der Waals surface area contributed by atoms with Crippen LogP contribution in [-0.4, -0.2) is 17.0 Å². The number of fused-ring (bicyclic) bond motifs is 1. The summed E-state index contributed by atoms with van der Waals surface area (Å²) in [7, 11) is 1.84. The molecule has 0 spiro atoms. The van der Waals surface area contributed by atoms with E-state index in [9.17, 15) is 4.79 Å². The van der Waals surface area contributed by atoms with Crippen LogP contribution in [0.5, 0.6) is 0 Å². The standard InChI is InChI=1S/C15H13Cl2N3O/c1-18-14(13-9(16)3-2-4-10(13)17)8-5-6-11-12(7-8)20-15(21)19-11/h2-7,14,18H,1H3,(H2,19,20,21). The van der Waals surface area contributed by atoms with E-state index < -0.39 is 0 Å². The molecule has 3 N–H and O–H groups in total. The Morgan fingerprint density at radius 2 is 1.71 bits per heavy atom. The van der Waals surface area contributed by atoms with Gasteiger partial charge in [0.15, 0.2) is 0 Å². The van der Waals surface area contributed by atoms with Gasteiger partial charge in [-0.25, -0.2) is 4.79 Å². The van der Waals surface area contributed by atoms with Crippen LogP contribution in [0.1, 0.15) is 17.2 Å². The van der Waals surface area contributed by atoms with Crippen molar-refractivity contribution in [2.75, 3.05) is 7.05 Å². The molecule has 0 amide bonds. The van der Waals surface area contributed by atoms with Crippen LogP contribution in [0.4, 0.5) is 0 Å². The second kappa shape index (κ2) is 5.56. The number of benzene rings is 2. The van der Waals surface area contributed by atoms with Crippen molar-refractivity contribution in [1.82, 2.24) is 15.3 Å². The molecule has 21 heavy (non-hydrogen) atoms. The third-order valence-corrected chi connectivity index (χ3v) is 4.11. The lowest BCUT2D eigenvalue weighted by molar-refractivity contribution is 0.693. The van der Waals surface area contributed by atoms with Crippen molar-refractivity contribution in [1.29, 1.82) is 0 Å². The molecule has 0 fully saturated rings. The topological polar surface area (TPSA) is 60.7 Å². The average Bonchev–Trinajstić information content (AvgIpc) is 2.82. The van der Waals surface area contributed by atoms with Crippen molar-refractivity contribution in [3.05, 3.63) is 68.1 Å². The van der Waals surface area contributed by atoms with E-state index in [2.05, 4.69) is 15.3 Å². The zero-order chi connectivity index (χ0) is 15.0. The third kappa shape index (κ3) is 2.58. The summed E-state index contributed by atoms with van der Waals surface area (Å²) in [4.78, 5) is 16.8. The summed E-state index contributed by atoms with van der Waals surface area (Å²) >= 11 is 12.6. The lowest BCUT2D eigenvalue weighted by Gasteiger charge is -2.20. The van der Waals surface area contributed by atoms with Gasteiger partial charge in [0.1, 0.15) is 0 Å². The Hall–Kier alpha value is -1.75. The van der Waals surface area contributed by atoms with Crippen LogP contribution in [0.2, 0.25) is 10.0 Å². The minimum Gasteiger partial charge on any atom is -0.309 e. The molecule has 0 aliphatic carbocycles. The number of aromatic nitrogens is 2. The fraction of sp³-hybridized carbons (Fsp3) is 0.133. The minimum atomic E-state index is -0.223. The number of nitrogens with one attached hydrogen (secondary N) is 3. The predicted octanol–water partition coefficient (Wildman–Crippen LogP) is 3.47. The first kappa shape index (κ1) is 14.2. The van der Waals surface area contributed by atoms with Crippen molar-refractivity contribution in [3.63, 3.8) is 0 Å². The second-order valence-corrected chi connectivity index (χ2v) is 5.56. The van der Waals surface area contributed by atoms with E-state index in [1.807, 2.05) is 43.4 Å². The molecule has 0 radical (unpaired) electrons. The van der Waals surface area contributed by atoms with Gasteiger partial charge in [0.25, 0.3) is 0 Å². The van der Waals surface area contributed by atoms with E-state index in [-0.39, 0.29) is 11.7 Å². The van der Waals surface area contributed by atoms with E-state index in [0.29, 0.717) is 10.0 Å². The van der Waals surface area contributed by atoms with Crippen LogP contribution in [-0.2, 0) is 0 Å². The summed E-state index contributed by atoms with van der Waals surface area (Å²) in [6.07, 6.45) is 0. The molecule has 3 rings (SSSR count). The summed E-state index contributed by atoms with van der Waals surface area (Å²) in [6, 6.07) is 11.0. The molecule has 0 bridgehead atoms. The molecule has 0 saturated heterocycles. The number of halogens is 2. The number of H-pyrrole nitrogens is 2. The Morgan fingerprint density at radius 3 is 2.38 bits per heavy atom. The molecule has 0 saturated carbocycles. The van der Waals surface area contributed by atoms with Gasteiger partial charge in [0.2, 0.25) is 0 Å². The van der Waals surface area contributed by atoms with Crippen molar-refractivity contribution in [3.8, 4) is 0 Å². The average molecular weight is 322 g/mol. The highest BCUT2D eigenvalue weighted by molar-refractivity contribution is 6.36. The van der Waals surface area contributed by atoms with Gasteiger partial charge in [-0.3, -0.25) is 0 Å². The monoisotopic (exact) mass is 321 g/mol. The normalized spacial score (nSPS) is 12.7. The lowest BCUT2D eigenvalue weighted by Crippen LogP contribution is -2.18. The van der Waals surface area contributed by atoms with Crippen molar-refractivity contribution in [2.24, 2.45) is 0 Å². The van der Waals surface area contributed by atoms with Gasteiger partial charge in [0.05, 0.1) is 17.1 Å². The van der Waals surface area contributed by atoms with Crippen LogP contribution in [0, 0.1) is 0 Å². The third-order valence-electron chi connectivity index (χ3n) is 3.45. The second-order valence-electron chi connectivity index (χ2n) is 4.74. The molecule has 1 unspecified atom stereocenters. The molecule has 1 heterocycles. The van der Waals surface area contributed by atoms with Crippen LogP contribution in [0.25, 0.3) is 11.0 Å². The van der Waals surface area contributed by atoms with Crippen LogP contribution < -0.4 is 11.0 Å². The number of rotatable bonds is 3. The Kier molecular flexibility index (Phi) is 3.76. The number of hydrogen-bond acceptors (Lipinski definition) is 2. The first-order valence-electron chi connectivity index (χ1n) is 6.43. The molecule has 2 aromatic carbocycles. The predicted molar refractivity (Wildman–Crippen MR) is 86.3 cm³/mol. The SMILES string of the molecule is CNC(c1ccc2[nH]c(=O)[nH]c2c1)c1c(Cl)cccc1Cl. The van der Waals surface area contributed by atoms with Gasteiger partial charge in [-0.1, -0.05) is 35.3 Å². The molecule has 0 aliphatic rings. The molecule has 1 aromatic heterocycles. The maximum absolute atomic E-state index is 11.3. The molecule has 6 heteroatoms. The smallest absolute Gasteiger partial charge is 0.309 e. The van der Waals surface area contributed by atoms with Gasteiger partial charge < -0.3 is 15.3 Å². The minimum absolute atomic E-state index is 0.158. The Labute approximate surface area is 131 Å². The zero-order valence-corrected chi connectivity index (χ0v) is 12.7. The summed E-state index contributed by atoms with van der Waals surface area (Å²) in [5.41, 5.74) is 3.08. The summed E-state index contributed by atoms with van der Waals surface area (Å²) in [5.74, 6) is 0. The van der Waals surface area contributed by atoms with E-state index in [0.717, 1.165) is 22.2 Å². The number of aromatic amines is 2. The van der Waals surface area contributed by atoms with Crippen molar-refractivity contribution < 1.29 is 0 Å². The zero-order valence-electron chi connectivity index (χ0n) is 11.2. The van der Waals surface area contributed by atoms with E-state index in [4.69, 9.17) is 23.2 Å². The van der Waals surface area contributed by atoms with Crippen LogP contribution in [0.3, 0.4) is 0 Å². The quantitative estimate of drug-likeness (QED) is 0.691. The highest BCUT2D eigenvalue weighted by Crippen LogP contribution is 2.34. The first-order chi connectivity index (χ1) is 10.1. The lowest BCUT2D eigenvalue weighted by atomic mass is 9.98. The summed E-state index contributed by atoms with van der Waals surface area (Å²) in [6.45, 7) is 0. The molecular formula is C15H13Cl2N3O. The fourth-order valence-electron chi connectivity index (χ4n) is 2.49. The molecular weight excluding hydrogens is 309 g/mol. The van der Waals surface area contributed by atoms with Crippen LogP contribution in [0.15, 0.2) is 41.2 Å². The summed E-state index contributed by atoms with van der Waals surface area (Å²) in [5, 5.41) is 4.42. The van der Waals surface area contributed by atoms with Crippen molar-refractivity contribution in [2.45, 2.75) is 6.04 Å². The highest BCUT2D eigenvalue weighted by atomic mass is 35.5.